The molecule has 0 spiro atoms. The van der Waals surface area contributed by atoms with Gasteiger partial charge in [0.05, 0.1) is 25.7 Å². The summed E-state index contributed by atoms with van der Waals surface area (Å²) in [5.41, 5.74) is 0. The largest absolute Gasteiger partial charge is 0.462 e. The first kappa shape index (κ1) is 27.7. The lowest BCUT2D eigenvalue weighted by Crippen LogP contribution is -2.14. The Labute approximate surface area is 185 Å². The van der Waals surface area contributed by atoms with Crippen LogP contribution < -0.4 is 0 Å². The number of carbonyl (C=O) groups excluding carboxylic acids is 4. The third-order valence-corrected chi connectivity index (χ3v) is 5.02. The number of rotatable bonds is 17. The molecule has 166 valence electrons. The number of hydrogen-bond donors (Lipinski definition) is 0. The minimum atomic E-state index is -0.402. The molecule has 0 aromatic rings. The van der Waals surface area contributed by atoms with Gasteiger partial charge in [-0.2, -0.15) is 23.5 Å². The molecule has 0 aliphatic carbocycles. The topological polar surface area (TPSA) is 105 Å². The van der Waals surface area contributed by atoms with Gasteiger partial charge in [-0.25, -0.2) is 0 Å². The van der Waals surface area contributed by atoms with Crippen LogP contribution in [0, 0.1) is 24.7 Å². The van der Waals surface area contributed by atoms with E-state index in [2.05, 4.69) is 11.8 Å². The van der Waals surface area contributed by atoms with E-state index in [4.69, 9.17) is 31.8 Å². The van der Waals surface area contributed by atoms with Crippen LogP contribution in [-0.4, -0.2) is 73.3 Å². The zero-order valence-electron chi connectivity index (χ0n) is 16.7. The molecule has 0 heterocycles. The van der Waals surface area contributed by atoms with Crippen molar-refractivity contribution < 1.29 is 38.1 Å². The minimum Gasteiger partial charge on any atom is -0.462 e. The second kappa shape index (κ2) is 20.0. The van der Waals surface area contributed by atoms with Crippen molar-refractivity contribution >= 4 is 47.4 Å². The highest BCUT2D eigenvalue weighted by Crippen LogP contribution is 2.07. The predicted octanol–water partition coefficient (Wildman–Crippen LogP) is 1.45. The molecule has 0 unspecified atom stereocenters. The molecule has 0 bridgehead atoms. The molecule has 0 amide bonds. The van der Waals surface area contributed by atoms with Crippen molar-refractivity contribution in [3.8, 4) is 24.7 Å². The molecular weight excluding hydrogens is 432 g/mol. The fraction of sp³-hybridized carbons (Fsp3) is 0.600. The van der Waals surface area contributed by atoms with E-state index in [9.17, 15) is 19.2 Å². The van der Waals surface area contributed by atoms with E-state index in [1.165, 1.54) is 23.5 Å². The molecule has 0 fully saturated rings. The van der Waals surface area contributed by atoms with Crippen LogP contribution in [0.15, 0.2) is 0 Å². The average molecular weight is 459 g/mol. The Hall–Kier alpha value is -2.30. The number of hydrogen-bond acceptors (Lipinski definition) is 10. The van der Waals surface area contributed by atoms with Crippen molar-refractivity contribution in [2.45, 2.75) is 25.7 Å². The summed E-state index contributed by atoms with van der Waals surface area (Å²) in [5, 5.41) is 0. The van der Waals surface area contributed by atoms with E-state index in [0.717, 1.165) is 0 Å². The van der Waals surface area contributed by atoms with Gasteiger partial charge in [0.15, 0.2) is 13.2 Å². The van der Waals surface area contributed by atoms with Gasteiger partial charge in [0.1, 0.15) is 13.2 Å². The zero-order chi connectivity index (χ0) is 22.5. The Bertz CT molecular complexity index is 567. The Morgan fingerprint density at radius 3 is 1.17 bits per heavy atom. The van der Waals surface area contributed by atoms with E-state index in [1.807, 2.05) is 0 Å². The maximum atomic E-state index is 11.5. The van der Waals surface area contributed by atoms with Gasteiger partial charge in [0, 0.05) is 23.0 Å². The molecular formula is C20H26O8S2. The third-order valence-electron chi connectivity index (χ3n) is 3.04. The quantitative estimate of drug-likeness (QED) is 0.138. The van der Waals surface area contributed by atoms with Crippen LogP contribution in [0.4, 0.5) is 0 Å². The van der Waals surface area contributed by atoms with E-state index >= 15 is 0 Å². The Kier molecular flexibility index (Phi) is 18.5. The molecule has 0 aromatic carbocycles. The van der Waals surface area contributed by atoms with Crippen molar-refractivity contribution in [2.24, 2.45) is 0 Å². The summed E-state index contributed by atoms with van der Waals surface area (Å²) in [6.45, 7) is -0.101. The second-order valence-corrected chi connectivity index (χ2v) is 7.84. The molecule has 0 N–H and O–H groups in total. The van der Waals surface area contributed by atoms with Gasteiger partial charge < -0.3 is 18.9 Å². The molecule has 0 aromatic heterocycles. The fourth-order valence-electron chi connectivity index (χ4n) is 1.67. The molecule has 0 atom stereocenters. The van der Waals surface area contributed by atoms with Gasteiger partial charge in [0.25, 0.3) is 0 Å². The lowest BCUT2D eigenvalue weighted by Gasteiger charge is -2.07. The molecule has 0 aliphatic rings. The predicted molar refractivity (Wildman–Crippen MR) is 115 cm³/mol. The van der Waals surface area contributed by atoms with Crippen LogP contribution in [0.3, 0.4) is 0 Å². The molecule has 0 rings (SSSR count). The van der Waals surface area contributed by atoms with Gasteiger partial charge in [-0.15, -0.1) is 12.8 Å². The lowest BCUT2D eigenvalue weighted by molar-refractivity contribution is -0.151. The molecule has 0 saturated heterocycles. The van der Waals surface area contributed by atoms with Crippen LogP contribution in [0.25, 0.3) is 0 Å². The highest BCUT2D eigenvalue weighted by Gasteiger charge is 2.07. The SMILES string of the molecule is C#CCOC(=O)CCSCCC(=O)OCCOC(=O)CCSCCC(=O)OCC#C. The fourth-order valence-corrected chi connectivity index (χ4v) is 3.32. The molecule has 8 nitrogen and oxygen atoms in total. The number of terminal acetylenes is 2. The normalized spacial score (nSPS) is 9.67. The Morgan fingerprint density at radius 2 is 0.867 bits per heavy atom. The van der Waals surface area contributed by atoms with Crippen LogP contribution >= 0.6 is 23.5 Å². The standard InChI is InChI=1S/C20H26O8S2/c1-3-9-25-17(21)5-13-29-15-7-19(23)27-11-12-28-20(24)8-16-30-14-6-18(22)26-10-4-2/h1-2H,5-16H2. The van der Waals surface area contributed by atoms with Crippen molar-refractivity contribution in [3.05, 3.63) is 0 Å². The number of carbonyl (C=O) groups is 4. The van der Waals surface area contributed by atoms with Crippen LogP contribution in [0.5, 0.6) is 0 Å². The second-order valence-electron chi connectivity index (χ2n) is 5.40. The summed E-state index contributed by atoms with van der Waals surface area (Å²) in [6.07, 6.45) is 10.8. The number of thioether (sulfide) groups is 2. The maximum absolute atomic E-state index is 11.5. The van der Waals surface area contributed by atoms with E-state index in [0.29, 0.717) is 23.0 Å². The van der Waals surface area contributed by atoms with Gasteiger partial charge in [0.2, 0.25) is 0 Å². The van der Waals surface area contributed by atoms with Crippen molar-refractivity contribution in [1.29, 1.82) is 0 Å². The highest BCUT2D eigenvalue weighted by atomic mass is 32.2. The van der Waals surface area contributed by atoms with Crippen LogP contribution in [0.2, 0.25) is 0 Å². The summed E-state index contributed by atoms with van der Waals surface area (Å²) in [5.74, 6) is 4.94. The third kappa shape index (κ3) is 19.0. The van der Waals surface area contributed by atoms with Gasteiger partial charge in [-0.05, 0) is 0 Å². The first-order chi connectivity index (χ1) is 14.5. The summed E-state index contributed by atoms with van der Waals surface area (Å²) in [7, 11) is 0. The van der Waals surface area contributed by atoms with E-state index in [1.54, 1.807) is 0 Å². The highest BCUT2D eigenvalue weighted by molar-refractivity contribution is 7.99. The summed E-state index contributed by atoms with van der Waals surface area (Å²) >= 11 is 2.85. The minimum absolute atomic E-state index is 0.0121. The molecule has 0 radical (unpaired) electrons. The lowest BCUT2D eigenvalue weighted by atomic mass is 10.5. The Balaban J connectivity index is 3.49. The summed E-state index contributed by atoms with van der Waals surface area (Å²) in [6, 6.07) is 0. The van der Waals surface area contributed by atoms with Crippen molar-refractivity contribution in [3.63, 3.8) is 0 Å². The van der Waals surface area contributed by atoms with Crippen LogP contribution in [0.1, 0.15) is 25.7 Å². The molecule has 10 heteroatoms. The molecule has 0 saturated carbocycles. The first-order valence-corrected chi connectivity index (χ1v) is 11.5. The average Bonchev–Trinajstić information content (AvgIpc) is 2.73. The summed E-state index contributed by atoms with van der Waals surface area (Å²) < 4.78 is 19.4. The smallest absolute Gasteiger partial charge is 0.307 e. The molecule has 30 heavy (non-hydrogen) atoms. The molecule has 0 aliphatic heterocycles. The van der Waals surface area contributed by atoms with Gasteiger partial charge >= 0.3 is 23.9 Å². The van der Waals surface area contributed by atoms with E-state index in [-0.39, 0.29) is 64.0 Å². The van der Waals surface area contributed by atoms with Gasteiger partial charge in [-0.3, -0.25) is 19.2 Å². The first-order valence-electron chi connectivity index (χ1n) is 9.14. The summed E-state index contributed by atoms with van der Waals surface area (Å²) in [4.78, 5) is 45.5. The van der Waals surface area contributed by atoms with Crippen molar-refractivity contribution in [2.75, 3.05) is 49.4 Å². The number of esters is 4. The zero-order valence-corrected chi connectivity index (χ0v) is 18.4. The number of ether oxygens (including phenoxy) is 4. The monoisotopic (exact) mass is 458 g/mol. The Morgan fingerprint density at radius 1 is 0.567 bits per heavy atom. The van der Waals surface area contributed by atoms with Crippen molar-refractivity contribution in [1.82, 2.24) is 0 Å². The maximum Gasteiger partial charge on any atom is 0.307 e. The van der Waals surface area contributed by atoms with E-state index < -0.39 is 11.9 Å². The van der Waals surface area contributed by atoms with Crippen LogP contribution in [-0.2, 0) is 38.1 Å². The van der Waals surface area contributed by atoms with Gasteiger partial charge in [-0.1, -0.05) is 11.8 Å².